The zero-order valence-electron chi connectivity index (χ0n) is 30.8. The lowest BCUT2D eigenvalue weighted by Crippen LogP contribution is -2.42. The Kier molecular flexibility index (Phi) is 8.00. The lowest BCUT2D eigenvalue weighted by molar-refractivity contribution is -0.133. The van der Waals surface area contributed by atoms with E-state index in [0.29, 0.717) is 82.8 Å². The highest BCUT2D eigenvalue weighted by atomic mass is 16.5. The molecule has 284 valence electrons. The van der Waals surface area contributed by atoms with Gasteiger partial charge in [-0.25, -0.2) is 9.80 Å². The van der Waals surface area contributed by atoms with Gasteiger partial charge in [-0.05, 0) is 88.1 Å². The molecule has 2 N–H and O–H groups in total. The second-order valence-corrected chi connectivity index (χ2v) is 16.1. The topological polar surface area (TPSA) is 207 Å². The van der Waals surface area contributed by atoms with Crippen molar-refractivity contribution in [2.75, 3.05) is 23.0 Å². The Hall–Kier alpha value is -5.64. The second kappa shape index (κ2) is 12.4. The molecule has 14 nitrogen and oxygen atoms in total. The highest BCUT2D eigenvalue weighted by Crippen LogP contribution is 2.64. The minimum absolute atomic E-state index is 0.0928. The van der Waals surface area contributed by atoms with Crippen molar-refractivity contribution in [1.82, 2.24) is 9.97 Å². The molecular formula is C42H38N6O8. The number of hydrogen-bond donors (Lipinski definition) is 2. The largest absolute Gasteiger partial charge is 0.396 e. The minimum Gasteiger partial charge on any atom is -0.396 e. The number of aromatic nitrogens is 2. The number of aliphatic hydroxyl groups is 2. The summed E-state index contributed by atoms with van der Waals surface area (Å²) in [6.07, 6.45) is 6.55. The number of nitrogens with zero attached hydrogens (tertiary/aromatic N) is 6. The summed E-state index contributed by atoms with van der Waals surface area (Å²) >= 11 is 0. The van der Waals surface area contributed by atoms with Crippen LogP contribution >= 0.6 is 0 Å². The zero-order valence-corrected chi connectivity index (χ0v) is 30.8. The van der Waals surface area contributed by atoms with Crippen LogP contribution in [0.3, 0.4) is 0 Å². The number of aliphatic hydroxyl groups excluding tert-OH is 2. The van der Waals surface area contributed by atoms with Gasteiger partial charge in [-0.15, -0.1) is 0 Å². The Balaban J connectivity index is 0.000000146. The molecule has 0 spiro atoms. The van der Waals surface area contributed by atoms with E-state index in [0.717, 1.165) is 0 Å². The number of amides is 4. The third-order valence-corrected chi connectivity index (χ3v) is 13.3. The van der Waals surface area contributed by atoms with E-state index >= 15 is 0 Å². The maximum Gasteiger partial charge on any atom is 0.240 e. The number of imide groups is 2. The number of ether oxygens (including phenoxy) is 2. The monoisotopic (exact) mass is 754 g/mol. The van der Waals surface area contributed by atoms with Crippen molar-refractivity contribution in [3.05, 3.63) is 72.1 Å². The molecule has 6 aliphatic rings. The quantitative estimate of drug-likeness (QED) is 0.270. The maximum absolute atomic E-state index is 13.5. The Bertz CT molecular complexity index is 2320. The lowest BCUT2D eigenvalue weighted by Gasteiger charge is -2.30. The molecular weight excluding hydrogens is 716 g/mol. The van der Waals surface area contributed by atoms with Crippen LogP contribution in [-0.2, 0) is 28.7 Å². The molecule has 0 saturated carbocycles. The van der Waals surface area contributed by atoms with Crippen molar-refractivity contribution >= 4 is 56.8 Å². The minimum atomic E-state index is -0.781. The Labute approximate surface area is 321 Å². The highest BCUT2D eigenvalue weighted by molar-refractivity contribution is 6.27. The predicted molar refractivity (Wildman–Crippen MR) is 198 cm³/mol. The first-order valence-electron chi connectivity index (χ1n) is 18.8. The molecule has 10 rings (SSSR count). The number of hydrogen-bond acceptors (Lipinski definition) is 12. The van der Waals surface area contributed by atoms with Crippen LogP contribution in [0, 0.1) is 46.3 Å². The smallest absolute Gasteiger partial charge is 0.240 e. The first-order valence-corrected chi connectivity index (χ1v) is 18.8. The fourth-order valence-corrected chi connectivity index (χ4v) is 11.0. The standard InChI is InChI=1S/2C21H19N3O4/c2*1-20-6-7-21(28-20,8-10-25)16-15(20)18(26)24(19(16)27)14-5-4-12(11-22)17-13(14)3-2-9-23-17/h2*2-5,9,15-16,25H,6-8,10H2,1H3/t2*15-,16+,20?,21?/m00/s1. The SMILES string of the molecule is CC12CCC(CCO)(O1)[C@H]1C(=O)N(c3ccc(C#N)c4ncccc34)C(=O)[C@H]12.CC12CCC(CCO)(O1)[C@H]1C(=O)N(c3ccc(C#N)c4ncccc34)C(=O)[C@H]12. The molecule has 6 aliphatic heterocycles. The van der Waals surface area contributed by atoms with Gasteiger partial charge in [0.05, 0.1) is 79.6 Å². The maximum atomic E-state index is 13.5. The predicted octanol–water partition coefficient (Wildman–Crippen LogP) is 3.83. The fraction of sp³-hybridized carbons (Fsp3) is 0.429. The number of benzene rings is 2. The van der Waals surface area contributed by atoms with Crippen LogP contribution < -0.4 is 9.80 Å². The first kappa shape index (κ1) is 36.0. The second-order valence-electron chi connectivity index (χ2n) is 16.1. The summed E-state index contributed by atoms with van der Waals surface area (Å²) in [6, 6.07) is 17.7. The number of rotatable bonds is 6. The number of carbonyl (C=O) groups is 4. The summed E-state index contributed by atoms with van der Waals surface area (Å²) in [5.74, 6) is -3.41. The molecule has 6 fully saturated rings. The van der Waals surface area contributed by atoms with E-state index in [9.17, 15) is 39.9 Å². The Morgan fingerprint density at radius 1 is 0.643 bits per heavy atom. The lowest BCUT2D eigenvalue weighted by atomic mass is 9.67. The van der Waals surface area contributed by atoms with E-state index in [1.807, 2.05) is 13.8 Å². The van der Waals surface area contributed by atoms with Crippen molar-refractivity contribution in [1.29, 1.82) is 10.5 Å². The molecule has 8 heterocycles. The molecule has 4 aromatic rings. The summed E-state index contributed by atoms with van der Waals surface area (Å²) in [6.45, 7) is 3.60. The van der Waals surface area contributed by atoms with E-state index in [2.05, 4.69) is 22.1 Å². The number of anilines is 2. The van der Waals surface area contributed by atoms with Crippen LogP contribution in [-0.4, -0.2) is 79.4 Å². The molecule has 56 heavy (non-hydrogen) atoms. The first-order chi connectivity index (χ1) is 26.9. The molecule has 0 aliphatic carbocycles. The molecule has 8 atom stereocenters. The molecule has 4 unspecified atom stereocenters. The summed E-state index contributed by atoms with van der Waals surface area (Å²) in [4.78, 5) is 64.8. The van der Waals surface area contributed by atoms with E-state index in [1.165, 1.54) is 9.80 Å². The van der Waals surface area contributed by atoms with Crippen LogP contribution in [0.2, 0.25) is 0 Å². The number of carbonyl (C=O) groups excluding carboxylic acids is 4. The average molecular weight is 755 g/mol. The number of pyridine rings is 2. The molecule has 4 bridgehead atoms. The van der Waals surface area contributed by atoms with Gasteiger partial charge in [-0.3, -0.25) is 29.1 Å². The van der Waals surface area contributed by atoms with Gasteiger partial charge in [-0.1, -0.05) is 0 Å². The van der Waals surface area contributed by atoms with E-state index in [1.54, 1.807) is 60.9 Å². The van der Waals surface area contributed by atoms with Crippen LogP contribution in [0.5, 0.6) is 0 Å². The summed E-state index contributed by atoms with van der Waals surface area (Å²) in [5.41, 5.74) is -0.318. The normalized spacial score (nSPS) is 33.5. The van der Waals surface area contributed by atoms with Gasteiger partial charge >= 0.3 is 0 Å². The van der Waals surface area contributed by atoms with E-state index in [4.69, 9.17) is 9.47 Å². The average Bonchev–Trinajstić information content (AvgIpc) is 3.99. The summed E-state index contributed by atoms with van der Waals surface area (Å²) < 4.78 is 12.4. The molecule has 14 heteroatoms. The van der Waals surface area contributed by atoms with Crippen molar-refractivity contribution in [3.63, 3.8) is 0 Å². The van der Waals surface area contributed by atoms with Crippen LogP contribution in [0.15, 0.2) is 60.9 Å². The Morgan fingerprint density at radius 2 is 1.04 bits per heavy atom. The zero-order chi connectivity index (χ0) is 39.4. The van der Waals surface area contributed by atoms with E-state index < -0.39 is 46.1 Å². The van der Waals surface area contributed by atoms with Gasteiger partial charge in [0.25, 0.3) is 0 Å². The molecule has 6 saturated heterocycles. The molecule has 2 aromatic carbocycles. The molecule has 2 aromatic heterocycles. The van der Waals surface area contributed by atoms with E-state index in [-0.39, 0.29) is 36.8 Å². The summed E-state index contributed by atoms with van der Waals surface area (Å²) in [5, 5.41) is 39.0. The van der Waals surface area contributed by atoms with Crippen molar-refractivity contribution in [2.45, 2.75) is 74.8 Å². The van der Waals surface area contributed by atoms with Gasteiger partial charge in [0.1, 0.15) is 12.1 Å². The molecule has 4 amide bonds. The fourth-order valence-electron chi connectivity index (χ4n) is 11.0. The third-order valence-electron chi connectivity index (χ3n) is 13.3. The van der Waals surface area contributed by atoms with Gasteiger partial charge in [0.15, 0.2) is 0 Å². The van der Waals surface area contributed by atoms with Gasteiger partial charge in [0.2, 0.25) is 23.6 Å². The van der Waals surface area contributed by atoms with Crippen LogP contribution in [0.25, 0.3) is 21.8 Å². The Morgan fingerprint density at radius 3 is 1.41 bits per heavy atom. The van der Waals surface area contributed by atoms with Crippen molar-refractivity contribution in [2.24, 2.45) is 23.7 Å². The molecule has 0 radical (unpaired) electrons. The highest BCUT2D eigenvalue weighted by Gasteiger charge is 2.75. The summed E-state index contributed by atoms with van der Waals surface area (Å²) in [7, 11) is 0. The van der Waals surface area contributed by atoms with Crippen LogP contribution in [0.1, 0.15) is 63.5 Å². The third kappa shape index (κ3) is 4.67. The number of nitriles is 2. The van der Waals surface area contributed by atoms with Crippen LogP contribution in [0.4, 0.5) is 11.4 Å². The van der Waals surface area contributed by atoms with Gasteiger partial charge < -0.3 is 19.7 Å². The van der Waals surface area contributed by atoms with Gasteiger partial charge in [0, 0.05) is 49.2 Å². The number of fused-ring (bicyclic) bond motifs is 12. The van der Waals surface area contributed by atoms with Crippen molar-refractivity contribution in [3.8, 4) is 12.1 Å². The van der Waals surface area contributed by atoms with Crippen molar-refractivity contribution < 1.29 is 38.9 Å². The van der Waals surface area contributed by atoms with Gasteiger partial charge in [-0.2, -0.15) is 10.5 Å².